The molecule has 0 atom stereocenters. The molecule has 3 N–H and O–H groups in total. The maximum Gasteiger partial charge on any atom is 0.423 e. The Morgan fingerprint density at radius 2 is 1.77 bits per heavy atom. The number of nitrogens with zero attached hydrogens (tertiary/aromatic N) is 1. The fourth-order valence-corrected chi connectivity index (χ4v) is 4.68. The number of hydrogen-bond donors (Lipinski definition) is 3. The van der Waals surface area contributed by atoms with Crippen molar-refractivity contribution in [1.29, 1.82) is 0 Å². The third kappa shape index (κ3) is 7.63. The van der Waals surface area contributed by atoms with Crippen molar-refractivity contribution in [2.24, 2.45) is 0 Å². The number of carbonyl (C=O) groups excluding carboxylic acids is 2. The Balaban J connectivity index is 1.14. The van der Waals surface area contributed by atoms with Gasteiger partial charge in [0.15, 0.2) is 0 Å². The first-order chi connectivity index (χ1) is 19.0. The molecule has 40 heavy (non-hydrogen) atoms. The van der Waals surface area contributed by atoms with Gasteiger partial charge in [0.25, 0.3) is 5.69 Å². The van der Waals surface area contributed by atoms with Gasteiger partial charge in [-0.3, -0.25) is 19.7 Å². The summed E-state index contributed by atoms with van der Waals surface area (Å²) in [5.41, 5.74) is -1.51. The maximum atomic E-state index is 13.2. The van der Waals surface area contributed by atoms with Crippen molar-refractivity contribution < 1.29 is 36.8 Å². The van der Waals surface area contributed by atoms with Crippen LogP contribution in [0, 0.1) is 10.1 Å². The highest BCUT2D eigenvalue weighted by Gasteiger charge is 2.38. The number of hydrogen-bond acceptors (Lipinski definition) is 7. The van der Waals surface area contributed by atoms with Gasteiger partial charge in [0, 0.05) is 34.7 Å². The second kappa shape index (κ2) is 12.6. The van der Waals surface area contributed by atoms with Crippen LogP contribution in [0.25, 0.3) is 11.0 Å². The summed E-state index contributed by atoms with van der Waals surface area (Å²) in [6, 6.07) is 9.61. The Labute approximate surface area is 231 Å². The zero-order valence-electron chi connectivity index (χ0n) is 21.1. The van der Waals surface area contributed by atoms with E-state index in [0.29, 0.717) is 42.0 Å². The van der Waals surface area contributed by atoms with Crippen LogP contribution in [-0.2, 0) is 27.0 Å². The molecule has 1 aromatic heterocycles. The van der Waals surface area contributed by atoms with E-state index in [-0.39, 0.29) is 37.5 Å². The van der Waals surface area contributed by atoms with E-state index in [2.05, 4.69) is 16.0 Å². The highest BCUT2D eigenvalue weighted by atomic mass is 35.5. The minimum atomic E-state index is -4.84. The van der Waals surface area contributed by atoms with Crippen molar-refractivity contribution in [3.8, 4) is 0 Å². The van der Waals surface area contributed by atoms with Gasteiger partial charge in [-0.25, -0.2) is 0 Å². The number of benzene rings is 2. The summed E-state index contributed by atoms with van der Waals surface area (Å²) in [6.45, 7) is 0.337. The normalized spacial score (nSPS) is 17.4. The van der Waals surface area contributed by atoms with Crippen LogP contribution in [0.2, 0.25) is 5.02 Å². The van der Waals surface area contributed by atoms with E-state index in [4.69, 9.17) is 20.8 Å². The van der Waals surface area contributed by atoms with Crippen molar-refractivity contribution >= 4 is 45.8 Å². The third-order valence-corrected chi connectivity index (χ3v) is 6.68. The van der Waals surface area contributed by atoms with Crippen LogP contribution in [0.4, 0.5) is 24.5 Å². The molecule has 0 spiro atoms. The molecule has 0 bridgehead atoms. The van der Waals surface area contributed by atoms with Gasteiger partial charge < -0.3 is 25.1 Å². The highest BCUT2D eigenvalue weighted by molar-refractivity contribution is 6.35. The Bertz CT molecular complexity index is 1390. The number of ether oxygens (including phenoxy) is 1. The van der Waals surface area contributed by atoms with Crippen molar-refractivity contribution in [1.82, 2.24) is 10.6 Å². The minimum absolute atomic E-state index is 0.0315. The van der Waals surface area contributed by atoms with Crippen molar-refractivity contribution in [2.45, 2.75) is 50.6 Å². The summed E-state index contributed by atoms with van der Waals surface area (Å²) >= 11 is 5.95. The predicted octanol–water partition coefficient (Wildman–Crippen LogP) is 5.19. The number of nitro benzene ring substituents is 1. The molecule has 1 aliphatic carbocycles. The lowest BCUT2D eigenvalue weighted by molar-refractivity contribution is -0.388. The van der Waals surface area contributed by atoms with Gasteiger partial charge in [-0.2, -0.15) is 13.2 Å². The number of anilines is 1. The molecule has 1 saturated carbocycles. The van der Waals surface area contributed by atoms with Gasteiger partial charge in [-0.15, -0.1) is 0 Å². The molecule has 3 aromatic rings. The topological polar surface area (TPSA) is 136 Å². The van der Waals surface area contributed by atoms with E-state index in [1.165, 1.54) is 6.07 Å². The van der Waals surface area contributed by atoms with Crippen molar-refractivity contribution in [3.63, 3.8) is 0 Å². The Morgan fingerprint density at radius 3 is 2.48 bits per heavy atom. The molecule has 2 amide bonds. The first-order valence-electron chi connectivity index (χ1n) is 12.5. The van der Waals surface area contributed by atoms with E-state index in [9.17, 15) is 32.9 Å². The summed E-state index contributed by atoms with van der Waals surface area (Å²) in [7, 11) is 0. The Morgan fingerprint density at radius 1 is 1.05 bits per heavy atom. The first kappa shape index (κ1) is 29.2. The van der Waals surface area contributed by atoms with Gasteiger partial charge in [0.05, 0.1) is 24.2 Å². The molecule has 0 saturated heterocycles. The van der Waals surface area contributed by atoms with Crippen LogP contribution in [0.1, 0.15) is 37.0 Å². The average Bonchev–Trinajstić information content (AvgIpc) is 3.32. The van der Waals surface area contributed by atoms with Gasteiger partial charge in [0.2, 0.25) is 0 Å². The van der Waals surface area contributed by atoms with Crippen LogP contribution in [-0.4, -0.2) is 42.0 Å². The van der Waals surface area contributed by atoms with Crippen LogP contribution in [0.15, 0.2) is 46.9 Å². The number of nitrogens with one attached hydrogen (secondary N) is 3. The lowest BCUT2D eigenvalue weighted by Crippen LogP contribution is -2.41. The lowest BCUT2D eigenvalue weighted by Gasteiger charge is -2.30. The molecule has 10 nitrogen and oxygen atoms in total. The molecule has 1 fully saturated rings. The summed E-state index contributed by atoms with van der Waals surface area (Å²) < 4.78 is 51.0. The van der Waals surface area contributed by atoms with Crippen molar-refractivity contribution in [2.75, 3.05) is 18.5 Å². The molecule has 1 heterocycles. The fourth-order valence-electron chi connectivity index (χ4n) is 4.50. The second-order valence-corrected chi connectivity index (χ2v) is 9.75. The molecule has 4 rings (SSSR count). The van der Waals surface area contributed by atoms with Crippen LogP contribution in [0.5, 0.6) is 0 Å². The highest BCUT2D eigenvalue weighted by Crippen LogP contribution is 2.38. The standard InChI is InChI=1S/C26H26ClF3N4O6/c27-16-1-8-23-15(11-16)12-20(40-23)14-32-25(36)24(35)31-9-10-39-19-5-2-17(3-6-19)33-18-4-7-22(34(37)38)21(13-18)26(28,29)30/h1,4,7-8,11-13,17,19,33H,2-3,5-6,9-10,14H2,(H,31,35)(H,32,36). The van der Waals surface area contributed by atoms with Crippen LogP contribution < -0.4 is 16.0 Å². The van der Waals surface area contributed by atoms with E-state index >= 15 is 0 Å². The molecule has 14 heteroatoms. The number of amides is 2. The molecular weight excluding hydrogens is 557 g/mol. The second-order valence-electron chi connectivity index (χ2n) is 9.31. The smallest absolute Gasteiger partial charge is 0.423 e. The van der Waals surface area contributed by atoms with Gasteiger partial charge in [-0.1, -0.05) is 11.6 Å². The Hall–Kier alpha value is -3.84. The molecule has 1 aliphatic rings. The number of nitro groups is 1. The number of alkyl halides is 3. The van der Waals surface area contributed by atoms with Gasteiger partial charge >= 0.3 is 18.0 Å². The van der Waals surface area contributed by atoms with E-state index < -0.39 is 34.2 Å². The van der Waals surface area contributed by atoms with Gasteiger partial charge in [0.1, 0.15) is 16.9 Å². The molecule has 0 aliphatic heterocycles. The predicted molar refractivity (Wildman–Crippen MR) is 140 cm³/mol. The SMILES string of the molecule is O=C(NCCOC1CCC(Nc2ccc([N+](=O)[O-])c(C(F)(F)F)c2)CC1)C(=O)NCc1cc2cc(Cl)ccc2o1. The summed E-state index contributed by atoms with van der Waals surface area (Å²) in [4.78, 5) is 34.0. The van der Waals surface area contributed by atoms with E-state index in [1.807, 2.05) is 0 Å². The molecule has 214 valence electrons. The zero-order valence-corrected chi connectivity index (χ0v) is 21.8. The maximum absolute atomic E-state index is 13.2. The Kier molecular flexibility index (Phi) is 9.15. The number of carbonyl (C=O) groups is 2. The van der Waals surface area contributed by atoms with Crippen LogP contribution in [0.3, 0.4) is 0 Å². The van der Waals surface area contributed by atoms with Crippen molar-refractivity contribution in [3.05, 3.63) is 68.9 Å². The monoisotopic (exact) mass is 582 g/mol. The average molecular weight is 583 g/mol. The van der Waals surface area contributed by atoms with E-state index in [1.54, 1.807) is 24.3 Å². The molecule has 0 unspecified atom stereocenters. The molecule has 2 aromatic carbocycles. The fraction of sp³-hybridized carbons (Fsp3) is 0.385. The minimum Gasteiger partial charge on any atom is -0.459 e. The third-order valence-electron chi connectivity index (χ3n) is 6.44. The largest absolute Gasteiger partial charge is 0.459 e. The molecule has 0 radical (unpaired) electrons. The van der Waals surface area contributed by atoms with E-state index in [0.717, 1.165) is 17.5 Å². The summed E-state index contributed by atoms with van der Waals surface area (Å²) in [5, 5.41) is 20.3. The quantitative estimate of drug-likeness (QED) is 0.137. The number of furan rings is 1. The van der Waals surface area contributed by atoms with Gasteiger partial charge in [-0.05, 0) is 62.1 Å². The first-order valence-corrected chi connectivity index (χ1v) is 12.8. The molecular formula is C26H26ClF3N4O6. The zero-order chi connectivity index (χ0) is 28.9. The number of halogens is 4. The summed E-state index contributed by atoms with van der Waals surface area (Å²) in [6.07, 6.45) is -2.45. The van der Waals surface area contributed by atoms with Crippen LogP contribution >= 0.6 is 11.6 Å². The number of fused-ring (bicyclic) bond motifs is 1. The lowest BCUT2D eigenvalue weighted by atomic mass is 9.92. The number of rotatable bonds is 9. The summed E-state index contributed by atoms with van der Waals surface area (Å²) in [5.74, 6) is -1.15.